The second-order valence-corrected chi connectivity index (χ2v) is 21.8. The highest BCUT2D eigenvalue weighted by molar-refractivity contribution is 5.76. The standard InChI is InChI=1S/C65H125NO3/c1-3-5-7-9-11-13-15-17-19-21-23-25-27-29-31-32-33-35-36-38-40-42-44-46-48-50-52-54-56-58-60-64(68)63(62-67)66-65(69)61-59-57-55-53-51-49-47-45-43-41-39-37-34-30-28-26-24-22-20-18-16-14-12-10-8-6-4-2/h42,44,50,52,58,60,63-64,67-68H,3-41,43,45-49,51,53-57,59,61-62H2,1-2H3,(H,66,69)/b44-42+,52-50+,60-58+. The van der Waals surface area contributed by atoms with Crippen molar-refractivity contribution in [2.75, 3.05) is 6.61 Å². The quantitative estimate of drug-likeness (QED) is 0.0420. The highest BCUT2D eigenvalue weighted by Crippen LogP contribution is 2.18. The molecule has 0 fully saturated rings. The summed E-state index contributed by atoms with van der Waals surface area (Å²) in [5.74, 6) is -0.0705. The SMILES string of the molecule is CCCCCCCCCCCCCCCCCCCCCC/C=C/CC/C=C/CC/C=C/C(O)C(CO)NC(=O)CCCCCCCCCCCCCCCCCCCCCCCCCCCCC. The molecule has 0 aromatic rings. The van der Waals surface area contributed by atoms with Crippen molar-refractivity contribution < 1.29 is 15.0 Å². The number of amides is 1. The molecule has 4 heteroatoms. The van der Waals surface area contributed by atoms with Crippen molar-refractivity contribution in [3.8, 4) is 0 Å². The first-order chi connectivity index (χ1) is 34.2. The Kier molecular flexibility index (Phi) is 59.7. The summed E-state index contributed by atoms with van der Waals surface area (Å²) in [6.45, 7) is 4.34. The lowest BCUT2D eigenvalue weighted by Gasteiger charge is -2.19. The van der Waals surface area contributed by atoms with Crippen LogP contribution in [0.1, 0.15) is 354 Å². The van der Waals surface area contributed by atoms with E-state index < -0.39 is 12.1 Å². The van der Waals surface area contributed by atoms with E-state index in [1.54, 1.807) is 6.08 Å². The smallest absolute Gasteiger partial charge is 0.220 e. The molecule has 0 saturated carbocycles. The first kappa shape index (κ1) is 67.6. The number of carbonyl (C=O) groups excluding carboxylic acids is 1. The highest BCUT2D eigenvalue weighted by atomic mass is 16.3. The minimum atomic E-state index is -0.870. The van der Waals surface area contributed by atoms with Gasteiger partial charge in [-0.05, 0) is 44.9 Å². The van der Waals surface area contributed by atoms with E-state index in [0.717, 1.165) is 38.5 Å². The fourth-order valence-electron chi connectivity index (χ4n) is 10.0. The molecular formula is C65H125NO3. The fourth-order valence-corrected chi connectivity index (χ4v) is 10.0. The van der Waals surface area contributed by atoms with Crippen molar-refractivity contribution in [3.63, 3.8) is 0 Å². The Balaban J connectivity index is 3.49. The van der Waals surface area contributed by atoms with Crippen molar-refractivity contribution in [3.05, 3.63) is 36.5 Å². The number of rotatable bonds is 59. The van der Waals surface area contributed by atoms with Gasteiger partial charge in [-0.25, -0.2) is 0 Å². The minimum Gasteiger partial charge on any atom is -0.394 e. The lowest BCUT2D eigenvalue weighted by atomic mass is 10.0. The molecule has 0 aliphatic rings. The Morgan fingerprint density at radius 2 is 0.565 bits per heavy atom. The van der Waals surface area contributed by atoms with Gasteiger partial charge in [0.15, 0.2) is 0 Å². The van der Waals surface area contributed by atoms with Gasteiger partial charge in [-0.1, -0.05) is 339 Å². The van der Waals surface area contributed by atoms with E-state index in [2.05, 4.69) is 43.5 Å². The third-order valence-electron chi connectivity index (χ3n) is 14.9. The van der Waals surface area contributed by atoms with E-state index in [0.29, 0.717) is 6.42 Å². The van der Waals surface area contributed by atoms with Crippen LogP contribution in [-0.4, -0.2) is 34.9 Å². The number of hydrogen-bond acceptors (Lipinski definition) is 3. The van der Waals surface area contributed by atoms with Crippen LogP contribution in [0.3, 0.4) is 0 Å². The number of unbranched alkanes of at least 4 members (excludes halogenated alkanes) is 48. The van der Waals surface area contributed by atoms with Crippen molar-refractivity contribution in [1.29, 1.82) is 0 Å². The largest absolute Gasteiger partial charge is 0.394 e. The van der Waals surface area contributed by atoms with Crippen LogP contribution in [0.25, 0.3) is 0 Å². The predicted octanol–water partition coefficient (Wildman–Crippen LogP) is 21.2. The van der Waals surface area contributed by atoms with Gasteiger partial charge in [0.05, 0.1) is 18.8 Å². The zero-order valence-electron chi connectivity index (χ0n) is 47.1. The summed E-state index contributed by atoms with van der Waals surface area (Å²) in [4.78, 5) is 12.5. The van der Waals surface area contributed by atoms with Crippen LogP contribution in [0.4, 0.5) is 0 Å². The molecular weight excluding hydrogens is 843 g/mol. The first-order valence-electron chi connectivity index (χ1n) is 31.7. The maximum absolute atomic E-state index is 12.5. The molecule has 69 heavy (non-hydrogen) atoms. The number of aliphatic hydroxyl groups is 2. The summed E-state index contributed by atoms with van der Waals surface area (Å²) in [5.41, 5.74) is 0. The summed E-state index contributed by atoms with van der Waals surface area (Å²) < 4.78 is 0. The summed E-state index contributed by atoms with van der Waals surface area (Å²) in [5, 5.41) is 23.2. The molecule has 1 amide bonds. The summed E-state index contributed by atoms with van der Waals surface area (Å²) in [6, 6.07) is -0.645. The zero-order valence-corrected chi connectivity index (χ0v) is 47.1. The lowest BCUT2D eigenvalue weighted by molar-refractivity contribution is -0.123. The Hall–Kier alpha value is -1.39. The summed E-state index contributed by atoms with van der Waals surface area (Å²) in [6.07, 6.45) is 83.5. The molecule has 4 nitrogen and oxygen atoms in total. The number of nitrogens with one attached hydrogen (secondary N) is 1. The highest BCUT2D eigenvalue weighted by Gasteiger charge is 2.18. The Morgan fingerprint density at radius 1 is 0.333 bits per heavy atom. The molecule has 2 unspecified atom stereocenters. The van der Waals surface area contributed by atoms with Crippen molar-refractivity contribution in [1.82, 2.24) is 5.32 Å². The zero-order chi connectivity index (χ0) is 49.9. The van der Waals surface area contributed by atoms with Crippen molar-refractivity contribution in [2.45, 2.75) is 366 Å². The number of hydrogen-bond donors (Lipinski definition) is 3. The Morgan fingerprint density at radius 3 is 0.841 bits per heavy atom. The molecule has 0 aliphatic carbocycles. The number of allylic oxidation sites excluding steroid dienone is 5. The molecule has 0 spiro atoms. The topological polar surface area (TPSA) is 69.6 Å². The van der Waals surface area contributed by atoms with Gasteiger partial charge in [0, 0.05) is 6.42 Å². The normalized spacial score (nSPS) is 12.9. The number of carbonyl (C=O) groups is 1. The summed E-state index contributed by atoms with van der Waals surface area (Å²) >= 11 is 0. The third-order valence-corrected chi connectivity index (χ3v) is 14.9. The average molecular weight is 969 g/mol. The van der Waals surface area contributed by atoms with E-state index in [9.17, 15) is 15.0 Å². The van der Waals surface area contributed by atoms with Crippen LogP contribution >= 0.6 is 0 Å². The van der Waals surface area contributed by atoms with Gasteiger partial charge in [-0.2, -0.15) is 0 Å². The van der Waals surface area contributed by atoms with E-state index in [-0.39, 0.29) is 12.5 Å². The maximum Gasteiger partial charge on any atom is 0.220 e. The molecule has 3 N–H and O–H groups in total. The fraction of sp³-hybridized carbons (Fsp3) is 0.892. The van der Waals surface area contributed by atoms with E-state index in [1.807, 2.05) is 6.08 Å². The molecule has 0 radical (unpaired) electrons. The second kappa shape index (κ2) is 60.9. The number of aliphatic hydroxyl groups excluding tert-OH is 2. The van der Waals surface area contributed by atoms with Crippen LogP contribution < -0.4 is 5.32 Å². The van der Waals surface area contributed by atoms with Gasteiger partial charge in [-0.3, -0.25) is 4.79 Å². The Bertz CT molecular complexity index is 1050. The van der Waals surface area contributed by atoms with Crippen LogP contribution in [0, 0.1) is 0 Å². The van der Waals surface area contributed by atoms with E-state index in [4.69, 9.17) is 0 Å². The molecule has 2 atom stereocenters. The minimum absolute atomic E-state index is 0.0705. The molecule has 0 rings (SSSR count). The molecule has 0 saturated heterocycles. The third kappa shape index (κ3) is 57.4. The van der Waals surface area contributed by atoms with Gasteiger partial charge in [0.25, 0.3) is 0 Å². The van der Waals surface area contributed by atoms with Crippen LogP contribution in [0.2, 0.25) is 0 Å². The van der Waals surface area contributed by atoms with Gasteiger partial charge in [0.2, 0.25) is 5.91 Å². The molecule has 408 valence electrons. The lowest BCUT2D eigenvalue weighted by Crippen LogP contribution is -2.45. The van der Waals surface area contributed by atoms with Gasteiger partial charge in [0.1, 0.15) is 0 Å². The van der Waals surface area contributed by atoms with Gasteiger partial charge >= 0.3 is 0 Å². The monoisotopic (exact) mass is 968 g/mol. The molecule has 0 heterocycles. The van der Waals surface area contributed by atoms with Crippen molar-refractivity contribution >= 4 is 5.91 Å². The van der Waals surface area contributed by atoms with Crippen LogP contribution in [0.15, 0.2) is 36.5 Å². The summed E-state index contributed by atoms with van der Waals surface area (Å²) in [7, 11) is 0. The van der Waals surface area contributed by atoms with E-state index >= 15 is 0 Å². The molecule has 0 bridgehead atoms. The Labute approximate surface area is 433 Å². The molecule has 0 aromatic heterocycles. The van der Waals surface area contributed by atoms with Crippen LogP contribution in [-0.2, 0) is 4.79 Å². The predicted molar refractivity (Wildman–Crippen MR) is 308 cm³/mol. The van der Waals surface area contributed by atoms with Crippen molar-refractivity contribution in [2.24, 2.45) is 0 Å². The maximum atomic E-state index is 12.5. The van der Waals surface area contributed by atoms with Gasteiger partial charge in [-0.15, -0.1) is 0 Å². The average Bonchev–Trinajstić information content (AvgIpc) is 3.35. The first-order valence-corrected chi connectivity index (χ1v) is 31.7. The molecule has 0 aromatic carbocycles. The van der Waals surface area contributed by atoms with Gasteiger partial charge < -0.3 is 15.5 Å². The van der Waals surface area contributed by atoms with E-state index in [1.165, 1.54) is 295 Å². The molecule has 0 aliphatic heterocycles. The second-order valence-electron chi connectivity index (χ2n) is 21.8. The van der Waals surface area contributed by atoms with Crippen LogP contribution in [0.5, 0.6) is 0 Å².